The van der Waals surface area contributed by atoms with Gasteiger partial charge >= 0.3 is 0 Å². The third-order valence-corrected chi connectivity index (χ3v) is 2.74. The molecule has 6 nitrogen and oxygen atoms in total. The van der Waals surface area contributed by atoms with Crippen molar-refractivity contribution in [3.63, 3.8) is 0 Å². The molecule has 0 unspecified atom stereocenters. The second kappa shape index (κ2) is 8.84. The van der Waals surface area contributed by atoms with Gasteiger partial charge < -0.3 is 20.5 Å². The van der Waals surface area contributed by atoms with E-state index in [-0.39, 0.29) is 24.0 Å². The molecule has 0 aliphatic heterocycles. The highest BCUT2D eigenvalue weighted by molar-refractivity contribution is 5.81. The maximum atomic E-state index is 11.6. The Morgan fingerprint density at radius 3 is 2.71 bits per heavy atom. The van der Waals surface area contributed by atoms with Crippen molar-refractivity contribution >= 4 is 17.9 Å². The van der Waals surface area contributed by atoms with Crippen molar-refractivity contribution in [2.24, 2.45) is 0 Å². The number of rotatable bonds is 9. The third kappa shape index (κ3) is 5.33. The lowest BCUT2D eigenvalue weighted by molar-refractivity contribution is -0.123. The highest BCUT2D eigenvalue weighted by Gasteiger charge is 2.13. The average molecular weight is 294 g/mol. The molecule has 1 aromatic carbocycles. The summed E-state index contributed by atoms with van der Waals surface area (Å²) in [6.07, 6.45) is 2.61. The molecule has 0 heterocycles. The summed E-state index contributed by atoms with van der Waals surface area (Å²) in [7, 11) is 0. The number of hydrogen-bond donors (Lipinski definition) is 2. The first-order valence-corrected chi connectivity index (χ1v) is 7.03. The fraction of sp³-hybridized carbons (Fsp3) is 0.467. The maximum absolute atomic E-state index is 11.6. The van der Waals surface area contributed by atoms with E-state index in [1.165, 1.54) is 12.1 Å². The van der Waals surface area contributed by atoms with Crippen molar-refractivity contribution < 1.29 is 19.1 Å². The Morgan fingerprint density at radius 1 is 1.33 bits per heavy atom. The van der Waals surface area contributed by atoms with Gasteiger partial charge in [0.1, 0.15) is 6.29 Å². The Hall–Kier alpha value is -2.24. The Morgan fingerprint density at radius 2 is 2.10 bits per heavy atom. The number of unbranched alkanes of at least 4 members (excludes halogenated alkanes) is 1. The Bertz CT molecular complexity index is 489. The summed E-state index contributed by atoms with van der Waals surface area (Å²) in [5.41, 5.74) is 6.51. The molecule has 1 amide bonds. The number of hydrogen-bond acceptors (Lipinski definition) is 5. The van der Waals surface area contributed by atoms with E-state index in [2.05, 4.69) is 5.32 Å². The van der Waals surface area contributed by atoms with Gasteiger partial charge in [-0.15, -0.1) is 0 Å². The quantitative estimate of drug-likeness (QED) is 0.411. The highest BCUT2D eigenvalue weighted by atomic mass is 16.5. The zero-order chi connectivity index (χ0) is 15.7. The van der Waals surface area contributed by atoms with Crippen molar-refractivity contribution in [3.05, 3.63) is 17.7 Å². The van der Waals surface area contributed by atoms with Crippen LogP contribution in [-0.4, -0.2) is 32.0 Å². The van der Waals surface area contributed by atoms with Gasteiger partial charge in [0.15, 0.2) is 18.1 Å². The van der Waals surface area contributed by atoms with Gasteiger partial charge in [0.2, 0.25) is 0 Å². The molecular formula is C15H22N2O4. The number of aldehydes is 1. The summed E-state index contributed by atoms with van der Waals surface area (Å²) in [6, 6.07) is 3.02. The number of carbonyl (C=O) groups is 2. The molecule has 0 radical (unpaired) electrons. The Labute approximate surface area is 124 Å². The van der Waals surface area contributed by atoms with Gasteiger partial charge in [-0.3, -0.25) is 9.59 Å². The van der Waals surface area contributed by atoms with Gasteiger partial charge in [0, 0.05) is 12.1 Å². The van der Waals surface area contributed by atoms with Crippen LogP contribution in [0.4, 0.5) is 5.69 Å². The van der Waals surface area contributed by atoms with Crippen LogP contribution in [-0.2, 0) is 4.79 Å². The Balaban J connectivity index is 2.72. The minimum Gasteiger partial charge on any atom is -0.490 e. The first-order valence-electron chi connectivity index (χ1n) is 7.03. The molecule has 0 fully saturated rings. The first kappa shape index (κ1) is 16.8. The molecule has 0 saturated carbocycles. The summed E-state index contributed by atoms with van der Waals surface area (Å²) in [6.45, 7) is 4.74. The van der Waals surface area contributed by atoms with Crippen LogP contribution in [0.5, 0.6) is 11.5 Å². The van der Waals surface area contributed by atoms with E-state index in [4.69, 9.17) is 15.2 Å². The van der Waals surface area contributed by atoms with Crippen molar-refractivity contribution in [1.29, 1.82) is 0 Å². The number of ether oxygens (including phenoxy) is 2. The average Bonchev–Trinajstić information content (AvgIpc) is 2.46. The second-order valence-corrected chi connectivity index (χ2v) is 4.48. The molecule has 1 aromatic rings. The van der Waals surface area contributed by atoms with Crippen LogP contribution < -0.4 is 20.5 Å². The lowest BCUT2D eigenvalue weighted by atomic mass is 10.2. The molecule has 0 aliphatic rings. The third-order valence-electron chi connectivity index (χ3n) is 2.74. The summed E-state index contributed by atoms with van der Waals surface area (Å²) in [5.74, 6) is 0.429. The summed E-state index contributed by atoms with van der Waals surface area (Å²) in [4.78, 5) is 22.4. The number of amides is 1. The predicted molar refractivity (Wildman–Crippen MR) is 80.8 cm³/mol. The number of benzene rings is 1. The van der Waals surface area contributed by atoms with Crippen molar-refractivity contribution in [2.75, 3.05) is 25.5 Å². The zero-order valence-electron chi connectivity index (χ0n) is 12.5. The molecule has 0 saturated heterocycles. The molecule has 0 atom stereocenters. The Kier molecular flexibility index (Phi) is 7.08. The van der Waals surface area contributed by atoms with Gasteiger partial charge in [-0.05, 0) is 25.5 Å². The normalized spacial score (nSPS) is 10.0. The molecule has 21 heavy (non-hydrogen) atoms. The van der Waals surface area contributed by atoms with Gasteiger partial charge in [-0.1, -0.05) is 13.3 Å². The summed E-state index contributed by atoms with van der Waals surface area (Å²) >= 11 is 0. The molecule has 0 aliphatic carbocycles. The van der Waals surface area contributed by atoms with Gasteiger partial charge in [-0.25, -0.2) is 0 Å². The molecule has 0 bridgehead atoms. The lowest BCUT2D eigenvalue weighted by Crippen LogP contribution is -2.29. The largest absolute Gasteiger partial charge is 0.490 e. The van der Waals surface area contributed by atoms with E-state index in [1.807, 2.05) is 13.8 Å². The van der Waals surface area contributed by atoms with Crippen LogP contribution in [0, 0.1) is 0 Å². The number of carbonyl (C=O) groups excluding carboxylic acids is 2. The van der Waals surface area contributed by atoms with Crippen molar-refractivity contribution in [2.45, 2.75) is 26.7 Å². The van der Waals surface area contributed by atoms with E-state index in [0.717, 1.165) is 12.8 Å². The SMILES string of the molecule is CCCCNC(=O)COc1c(N)cc(C=O)cc1OCC. The van der Waals surface area contributed by atoms with Crippen molar-refractivity contribution in [1.82, 2.24) is 5.32 Å². The number of anilines is 1. The van der Waals surface area contributed by atoms with Crippen LogP contribution in [0.3, 0.4) is 0 Å². The van der Waals surface area contributed by atoms with Gasteiger partial charge in [-0.2, -0.15) is 0 Å². The molecule has 0 aromatic heterocycles. The fourth-order valence-electron chi connectivity index (χ4n) is 1.72. The van der Waals surface area contributed by atoms with E-state index >= 15 is 0 Å². The minimum absolute atomic E-state index is 0.144. The smallest absolute Gasteiger partial charge is 0.257 e. The molecule has 3 N–H and O–H groups in total. The molecule has 116 valence electrons. The van der Waals surface area contributed by atoms with Crippen LogP contribution in [0.15, 0.2) is 12.1 Å². The van der Waals surface area contributed by atoms with Gasteiger partial charge in [0.05, 0.1) is 12.3 Å². The van der Waals surface area contributed by atoms with Crippen LogP contribution in [0.1, 0.15) is 37.0 Å². The molecule has 0 spiro atoms. The monoisotopic (exact) mass is 294 g/mol. The van der Waals surface area contributed by atoms with Crippen LogP contribution in [0.2, 0.25) is 0 Å². The summed E-state index contributed by atoms with van der Waals surface area (Å²) < 4.78 is 10.8. The topological polar surface area (TPSA) is 90.6 Å². The predicted octanol–water partition coefficient (Wildman–Crippen LogP) is 1.78. The number of nitrogens with one attached hydrogen (secondary N) is 1. The minimum atomic E-state index is -0.218. The number of nitrogen functional groups attached to an aromatic ring is 1. The fourth-order valence-corrected chi connectivity index (χ4v) is 1.72. The standard InChI is InChI=1S/C15H22N2O4/c1-3-5-6-17-14(19)10-21-15-12(16)7-11(9-18)8-13(15)20-4-2/h7-9H,3-6,10,16H2,1-2H3,(H,17,19). The maximum Gasteiger partial charge on any atom is 0.257 e. The number of nitrogens with two attached hydrogens (primary N) is 1. The molecule has 1 rings (SSSR count). The van der Waals surface area contributed by atoms with E-state index in [1.54, 1.807) is 0 Å². The summed E-state index contributed by atoms with van der Waals surface area (Å²) in [5, 5.41) is 2.75. The van der Waals surface area contributed by atoms with E-state index in [0.29, 0.717) is 30.8 Å². The molecule has 6 heteroatoms. The molecular weight excluding hydrogens is 272 g/mol. The zero-order valence-corrected chi connectivity index (χ0v) is 12.5. The van der Waals surface area contributed by atoms with Gasteiger partial charge in [0.25, 0.3) is 5.91 Å². The highest BCUT2D eigenvalue weighted by Crippen LogP contribution is 2.34. The van der Waals surface area contributed by atoms with Crippen LogP contribution in [0.25, 0.3) is 0 Å². The van der Waals surface area contributed by atoms with E-state index in [9.17, 15) is 9.59 Å². The second-order valence-electron chi connectivity index (χ2n) is 4.48. The van der Waals surface area contributed by atoms with E-state index < -0.39 is 0 Å². The first-order chi connectivity index (χ1) is 10.1. The lowest BCUT2D eigenvalue weighted by Gasteiger charge is -2.14. The van der Waals surface area contributed by atoms with Crippen molar-refractivity contribution in [3.8, 4) is 11.5 Å². The van der Waals surface area contributed by atoms with Crippen LogP contribution >= 0.6 is 0 Å².